The van der Waals surface area contributed by atoms with Gasteiger partial charge in [0.25, 0.3) is 0 Å². The molecule has 0 bridgehead atoms. The summed E-state index contributed by atoms with van der Waals surface area (Å²) >= 11 is 0. The van der Waals surface area contributed by atoms with Gasteiger partial charge in [-0.1, -0.05) is 18.6 Å². The average Bonchev–Trinajstić information content (AvgIpc) is 3.54. The predicted octanol–water partition coefficient (Wildman–Crippen LogP) is 7.16. The molecule has 0 amide bonds. The van der Waals surface area contributed by atoms with Crippen LogP contribution in [0.5, 0.6) is 17.6 Å². The summed E-state index contributed by atoms with van der Waals surface area (Å²) < 4.78 is 51.0. The molecule has 10 nitrogen and oxygen atoms in total. The van der Waals surface area contributed by atoms with E-state index in [4.69, 9.17) is 24.2 Å². The maximum absolute atomic E-state index is 17.1. The number of rotatable bonds is 7. The molecule has 0 spiro atoms. The number of aliphatic hydroxyl groups is 1. The van der Waals surface area contributed by atoms with E-state index in [0.29, 0.717) is 49.3 Å². The Balaban J connectivity index is 1.22. The lowest BCUT2D eigenvalue weighted by Crippen LogP contribution is -2.57. The number of aromatic hydroxyl groups is 1. The first-order chi connectivity index (χ1) is 24.9. The smallest absolute Gasteiger partial charge is 0.319 e. The van der Waals surface area contributed by atoms with Gasteiger partial charge >= 0.3 is 6.01 Å². The van der Waals surface area contributed by atoms with Crippen LogP contribution in [0, 0.1) is 17.0 Å². The van der Waals surface area contributed by atoms with Crippen molar-refractivity contribution in [1.29, 1.82) is 0 Å². The number of nitrogens with zero attached hydrogens (tertiary/aromatic N) is 5. The van der Waals surface area contributed by atoms with Crippen molar-refractivity contribution in [3.8, 4) is 28.9 Å². The molecule has 2 N–H and O–H groups in total. The third-order valence-electron chi connectivity index (χ3n) is 12.0. The van der Waals surface area contributed by atoms with E-state index in [1.807, 2.05) is 4.90 Å². The number of methoxy groups -OCH3 is 1. The summed E-state index contributed by atoms with van der Waals surface area (Å²) in [4.78, 5) is 18.8. The zero-order valence-corrected chi connectivity index (χ0v) is 30.5. The Kier molecular flexibility index (Phi) is 9.15. The maximum Gasteiger partial charge on any atom is 0.319 e. The van der Waals surface area contributed by atoms with Gasteiger partial charge < -0.3 is 29.3 Å². The van der Waals surface area contributed by atoms with Crippen molar-refractivity contribution in [3.05, 3.63) is 42.0 Å². The molecular weight excluding hydrogens is 668 g/mol. The molecule has 12 heteroatoms. The van der Waals surface area contributed by atoms with E-state index in [9.17, 15) is 10.2 Å². The lowest BCUT2D eigenvalue weighted by molar-refractivity contribution is -0.0967. The van der Waals surface area contributed by atoms with Crippen LogP contribution < -0.4 is 14.4 Å². The van der Waals surface area contributed by atoms with Crippen molar-refractivity contribution in [1.82, 2.24) is 19.9 Å². The van der Waals surface area contributed by atoms with Crippen LogP contribution in [0.1, 0.15) is 78.6 Å². The Morgan fingerprint density at radius 3 is 2.52 bits per heavy atom. The summed E-state index contributed by atoms with van der Waals surface area (Å²) in [5, 5.41) is 22.5. The highest BCUT2D eigenvalue weighted by molar-refractivity contribution is 6.02. The van der Waals surface area contributed by atoms with Crippen LogP contribution in [0.25, 0.3) is 32.9 Å². The summed E-state index contributed by atoms with van der Waals surface area (Å²) in [6, 6.07) is 8.06. The number of β-amino-alcohol motifs (C(OH)–C–C–N with tert-alkyl or cyclic N) is 1. The third kappa shape index (κ3) is 6.30. The van der Waals surface area contributed by atoms with Gasteiger partial charge in [-0.25, -0.2) is 13.8 Å². The minimum Gasteiger partial charge on any atom is -0.508 e. The average molecular weight is 718 g/mol. The number of fused-ring (bicyclic) bond motifs is 3. The summed E-state index contributed by atoms with van der Waals surface area (Å²) in [5.41, 5.74) is -1.31. The molecule has 3 aliphatic heterocycles. The van der Waals surface area contributed by atoms with Crippen LogP contribution in [0.3, 0.4) is 0 Å². The van der Waals surface area contributed by atoms with Gasteiger partial charge in [-0.2, -0.15) is 9.97 Å². The Hall–Kier alpha value is -3.87. The molecule has 5 atom stereocenters. The van der Waals surface area contributed by atoms with Gasteiger partial charge in [0.15, 0.2) is 5.82 Å². The minimum atomic E-state index is -0.992. The van der Waals surface area contributed by atoms with Gasteiger partial charge in [-0.15, -0.1) is 0 Å². The fourth-order valence-corrected chi connectivity index (χ4v) is 9.90. The number of hydrogen-bond donors (Lipinski definition) is 2. The van der Waals surface area contributed by atoms with Crippen LogP contribution in [0.2, 0.25) is 0 Å². The molecule has 5 heterocycles. The zero-order valence-electron chi connectivity index (χ0n) is 30.5. The summed E-state index contributed by atoms with van der Waals surface area (Å²) in [5.74, 6) is -1.15. The van der Waals surface area contributed by atoms with Crippen LogP contribution in [0.4, 0.5) is 14.6 Å². The molecule has 1 saturated carbocycles. The largest absolute Gasteiger partial charge is 0.508 e. The van der Waals surface area contributed by atoms with E-state index >= 15 is 8.78 Å². The molecule has 4 fully saturated rings. The molecule has 4 aliphatic rings. The molecule has 5 unspecified atom stereocenters. The number of ether oxygens (including phenoxy) is 3. The fraction of sp³-hybridized carbons (Fsp3) is 0.575. The molecule has 8 rings (SSSR count). The van der Waals surface area contributed by atoms with Crippen molar-refractivity contribution in [2.24, 2.45) is 5.41 Å². The monoisotopic (exact) mass is 717 g/mol. The highest BCUT2D eigenvalue weighted by Crippen LogP contribution is 2.50. The first kappa shape index (κ1) is 35.2. The van der Waals surface area contributed by atoms with Crippen molar-refractivity contribution in [3.63, 3.8) is 0 Å². The van der Waals surface area contributed by atoms with E-state index in [-0.39, 0.29) is 69.4 Å². The SMILES string of the molecule is COc1nc(-c2cc(O)cc3cccc(F)c23)c(F)c2nc(OCC34CCCC3N(C3CC(C)OC(C)C3)CCC4)nc(N3CCCC(C)(O)C3)c12. The zero-order chi connectivity index (χ0) is 36.4. The normalized spacial score (nSPS) is 29.8. The van der Waals surface area contributed by atoms with Gasteiger partial charge in [0, 0.05) is 41.5 Å². The molecule has 52 heavy (non-hydrogen) atoms. The first-order valence-electron chi connectivity index (χ1n) is 18.8. The lowest BCUT2D eigenvalue weighted by atomic mass is 9.74. The van der Waals surface area contributed by atoms with Crippen LogP contribution in [-0.4, -0.2) is 93.3 Å². The number of aromatic nitrogens is 3. The molecule has 278 valence electrons. The van der Waals surface area contributed by atoms with E-state index in [1.54, 1.807) is 13.0 Å². The highest BCUT2D eigenvalue weighted by Gasteiger charge is 2.51. The number of benzene rings is 2. The number of likely N-dealkylation sites (tertiary alicyclic amines) is 1. The number of halogens is 2. The number of pyridine rings is 1. The summed E-state index contributed by atoms with van der Waals surface area (Å²) in [6.07, 6.45) is 9.15. The van der Waals surface area contributed by atoms with Gasteiger partial charge in [0.1, 0.15) is 34.0 Å². The second-order valence-corrected chi connectivity index (χ2v) is 16.0. The van der Waals surface area contributed by atoms with Crippen molar-refractivity contribution >= 4 is 27.5 Å². The summed E-state index contributed by atoms with van der Waals surface area (Å²) in [7, 11) is 1.43. The molecule has 3 saturated heterocycles. The van der Waals surface area contributed by atoms with Gasteiger partial charge in [0.2, 0.25) is 5.88 Å². The third-order valence-corrected chi connectivity index (χ3v) is 12.0. The number of hydrogen-bond acceptors (Lipinski definition) is 10. The maximum atomic E-state index is 17.1. The van der Waals surface area contributed by atoms with E-state index in [1.165, 1.54) is 31.4 Å². The molecule has 2 aromatic carbocycles. The van der Waals surface area contributed by atoms with Crippen LogP contribution in [0.15, 0.2) is 30.3 Å². The predicted molar refractivity (Wildman–Crippen MR) is 195 cm³/mol. The number of anilines is 1. The van der Waals surface area contributed by atoms with Gasteiger partial charge in [-0.3, -0.25) is 4.90 Å². The van der Waals surface area contributed by atoms with Crippen molar-refractivity contribution in [2.45, 2.75) is 108 Å². The lowest BCUT2D eigenvalue weighted by Gasteiger charge is -2.51. The Morgan fingerprint density at radius 2 is 1.75 bits per heavy atom. The Labute approximate surface area is 303 Å². The van der Waals surface area contributed by atoms with E-state index in [0.717, 1.165) is 51.5 Å². The van der Waals surface area contributed by atoms with E-state index in [2.05, 4.69) is 23.7 Å². The molecular formula is C40H49F2N5O5. The molecule has 4 aromatic rings. The highest BCUT2D eigenvalue weighted by atomic mass is 19.1. The van der Waals surface area contributed by atoms with Gasteiger partial charge in [-0.05, 0) is 102 Å². The van der Waals surface area contributed by atoms with E-state index < -0.39 is 17.2 Å². The number of piperidine rings is 2. The van der Waals surface area contributed by atoms with Gasteiger partial charge in [0.05, 0.1) is 31.5 Å². The molecule has 0 radical (unpaired) electrons. The molecule has 1 aliphatic carbocycles. The topological polar surface area (TPSA) is 113 Å². The fourth-order valence-electron chi connectivity index (χ4n) is 9.90. The molecule has 2 aromatic heterocycles. The van der Waals surface area contributed by atoms with Crippen molar-refractivity contribution in [2.75, 3.05) is 38.3 Å². The second kappa shape index (κ2) is 13.5. The summed E-state index contributed by atoms with van der Waals surface area (Å²) in [6.45, 7) is 8.40. The standard InChI is InChI=1S/C40H49F2N5O5/c1-23-17-26(18-24(2)52-23)47-16-8-14-40(13-6-11-30(40)47)22-51-38-44-35-32(36(45-38)46-15-7-12-39(3,49)21-46)37(50-4)43-34(33(35)42)28-20-27(48)19-25-9-5-10-29(41)31(25)28/h5,9-10,19-20,23-24,26,30,48-49H,6-8,11-18,21-22H2,1-4H3. The second-order valence-electron chi connectivity index (χ2n) is 16.0. The number of phenols is 1. The van der Waals surface area contributed by atoms with Crippen molar-refractivity contribution < 1.29 is 33.2 Å². The van der Waals surface area contributed by atoms with Crippen LogP contribution in [-0.2, 0) is 4.74 Å². The minimum absolute atomic E-state index is 0.0308. The van der Waals surface area contributed by atoms with Crippen LogP contribution >= 0.6 is 0 Å². The Morgan fingerprint density at radius 1 is 0.981 bits per heavy atom. The quantitative estimate of drug-likeness (QED) is 0.204. The number of phenolic OH excluding ortho intramolecular Hbond substituents is 1. The first-order valence-corrected chi connectivity index (χ1v) is 18.8. The Bertz CT molecular complexity index is 1990.